The van der Waals surface area contributed by atoms with E-state index in [1.165, 1.54) is 0 Å². The van der Waals surface area contributed by atoms with Crippen molar-refractivity contribution in [3.05, 3.63) is 0 Å². The summed E-state index contributed by atoms with van der Waals surface area (Å²) in [5, 5.41) is 28.4. The van der Waals surface area contributed by atoms with Crippen molar-refractivity contribution < 1.29 is 10.2 Å². The van der Waals surface area contributed by atoms with E-state index < -0.39 is 11.7 Å². The highest BCUT2D eigenvalue weighted by molar-refractivity contribution is 4.99. The first kappa shape index (κ1) is 10.5. The highest BCUT2D eigenvalue weighted by Gasteiger charge is 2.45. The summed E-state index contributed by atoms with van der Waals surface area (Å²) in [7, 11) is 0. The van der Waals surface area contributed by atoms with Crippen molar-refractivity contribution in [1.29, 1.82) is 5.26 Å². The van der Waals surface area contributed by atoms with Gasteiger partial charge >= 0.3 is 0 Å². The summed E-state index contributed by atoms with van der Waals surface area (Å²) in [6.45, 7) is 1.95. The van der Waals surface area contributed by atoms with E-state index in [-0.39, 0.29) is 5.92 Å². The molecule has 1 saturated carbocycles. The minimum absolute atomic E-state index is 0.0741. The lowest BCUT2D eigenvalue weighted by atomic mass is 9.80. The van der Waals surface area contributed by atoms with Crippen LogP contribution in [0.15, 0.2) is 0 Å². The van der Waals surface area contributed by atoms with Crippen LogP contribution < -0.4 is 0 Å². The van der Waals surface area contributed by atoms with Gasteiger partial charge in [-0.25, -0.2) is 0 Å². The molecule has 3 heteroatoms. The molecule has 3 nitrogen and oxygen atoms in total. The molecule has 74 valence electrons. The smallest absolute Gasteiger partial charge is 0.0943 e. The topological polar surface area (TPSA) is 64.2 Å². The van der Waals surface area contributed by atoms with E-state index in [4.69, 9.17) is 5.26 Å². The van der Waals surface area contributed by atoms with Crippen molar-refractivity contribution in [3.63, 3.8) is 0 Å². The second-order valence-corrected chi connectivity index (χ2v) is 3.87. The Kier molecular flexibility index (Phi) is 3.29. The lowest BCUT2D eigenvalue weighted by Gasteiger charge is -2.33. The van der Waals surface area contributed by atoms with Gasteiger partial charge in [0.05, 0.1) is 17.8 Å². The molecule has 1 rings (SSSR count). The van der Waals surface area contributed by atoms with Gasteiger partial charge in [0.1, 0.15) is 0 Å². The quantitative estimate of drug-likeness (QED) is 0.691. The molecule has 0 aromatic rings. The molecule has 0 heterocycles. The first-order valence-corrected chi connectivity index (χ1v) is 4.92. The van der Waals surface area contributed by atoms with E-state index in [0.29, 0.717) is 19.3 Å². The van der Waals surface area contributed by atoms with Crippen LogP contribution in [0, 0.1) is 17.2 Å². The Balaban J connectivity index is 2.71. The number of rotatable bonds is 3. The number of aliphatic hydroxyl groups excluding tert-OH is 1. The van der Waals surface area contributed by atoms with Gasteiger partial charge in [-0.05, 0) is 25.7 Å². The van der Waals surface area contributed by atoms with Crippen molar-refractivity contribution in [1.82, 2.24) is 0 Å². The van der Waals surface area contributed by atoms with E-state index >= 15 is 0 Å². The Bertz CT molecular complexity index is 211. The van der Waals surface area contributed by atoms with E-state index in [9.17, 15) is 10.2 Å². The summed E-state index contributed by atoms with van der Waals surface area (Å²) in [5.74, 6) is -0.0741. The molecular weight excluding hydrogens is 166 g/mol. The van der Waals surface area contributed by atoms with Gasteiger partial charge in [0.25, 0.3) is 0 Å². The third kappa shape index (κ3) is 1.84. The molecule has 0 aliphatic heterocycles. The molecule has 1 aliphatic carbocycles. The Morgan fingerprint density at radius 3 is 2.77 bits per heavy atom. The second kappa shape index (κ2) is 4.08. The molecule has 0 radical (unpaired) electrons. The summed E-state index contributed by atoms with van der Waals surface area (Å²) < 4.78 is 0. The SMILES string of the molecule is CCC(CC#N)C1(O)CCCC1O. The van der Waals surface area contributed by atoms with Crippen LogP contribution in [-0.4, -0.2) is 21.9 Å². The van der Waals surface area contributed by atoms with Crippen LogP contribution in [0.4, 0.5) is 0 Å². The summed E-state index contributed by atoms with van der Waals surface area (Å²) >= 11 is 0. The fraction of sp³-hybridized carbons (Fsp3) is 0.900. The minimum Gasteiger partial charge on any atom is -0.390 e. The molecule has 3 atom stereocenters. The van der Waals surface area contributed by atoms with Crippen LogP contribution in [0.25, 0.3) is 0 Å². The van der Waals surface area contributed by atoms with Gasteiger partial charge < -0.3 is 10.2 Å². The normalized spacial score (nSPS) is 35.7. The highest BCUT2D eigenvalue weighted by atomic mass is 16.3. The van der Waals surface area contributed by atoms with Crippen LogP contribution in [0.1, 0.15) is 39.0 Å². The van der Waals surface area contributed by atoms with Crippen molar-refractivity contribution in [2.24, 2.45) is 5.92 Å². The largest absolute Gasteiger partial charge is 0.390 e. The summed E-state index contributed by atoms with van der Waals surface area (Å²) in [4.78, 5) is 0. The summed E-state index contributed by atoms with van der Waals surface area (Å²) in [6, 6.07) is 2.07. The lowest BCUT2D eigenvalue weighted by molar-refractivity contribution is -0.0939. The van der Waals surface area contributed by atoms with Gasteiger partial charge in [0.2, 0.25) is 0 Å². The standard InChI is InChI=1S/C10H17NO2/c1-2-8(5-7-11)10(13)6-3-4-9(10)12/h8-9,12-13H,2-6H2,1H3. The maximum absolute atomic E-state index is 10.1. The van der Waals surface area contributed by atoms with Crippen molar-refractivity contribution >= 4 is 0 Å². The van der Waals surface area contributed by atoms with Crippen molar-refractivity contribution in [3.8, 4) is 6.07 Å². The average molecular weight is 183 g/mol. The highest BCUT2D eigenvalue weighted by Crippen LogP contribution is 2.39. The van der Waals surface area contributed by atoms with Gasteiger partial charge in [-0.3, -0.25) is 0 Å². The van der Waals surface area contributed by atoms with Crippen molar-refractivity contribution in [2.45, 2.75) is 50.7 Å². The van der Waals surface area contributed by atoms with E-state index in [1.807, 2.05) is 6.92 Å². The third-order valence-corrected chi connectivity index (χ3v) is 3.17. The molecule has 0 saturated heterocycles. The molecule has 0 aromatic carbocycles. The molecule has 1 fully saturated rings. The average Bonchev–Trinajstić information content (AvgIpc) is 2.44. The van der Waals surface area contributed by atoms with E-state index in [2.05, 4.69) is 6.07 Å². The minimum atomic E-state index is -0.996. The molecule has 2 N–H and O–H groups in total. The van der Waals surface area contributed by atoms with Gasteiger partial charge in [0, 0.05) is 12.3 Å². The van der Waals surface area contributed by atoms with Crippen LogP contribution in [0.5, 0.6) is 0 Å². The molecule has 1 aliphatic rings. The van der Waals surface area contributed by atoms with Crippen molar-refractivity contribution in [2.75, 3.05) is 0 Å². The number of hydrogen-bond donors (Lipinski definition) is 2. The van der Waals surface area contributed by atoms with Crippen LogP contribution in [0.3, 0.4) is 0 Å². The first-order chi connectivity index (χ1) is 6.15. The molecule has 13 heavy (non-hydrogen) atoms. The summed E-state index contributed by atoms with van der Waals surface area (Å²) in [6.07, 6.45) is 2.61. The molecule has 0 spiro atoms. The van der Waals surface area contributed by atoms with Gasteiger partial charge in [-0.15, -0.1) is 0 Å². The zero-order valence-electron chi connectivity index (χ0n) is 8.03. The first-order valence-electron chi connectivity index (χ1n) is 4.92. The fourth-order valence-corrected chi connectivity index (χ4v) is 2.26. The van der Waals surface area contributed by atoms with Crippen LogP contribution >= 0.6 is 0 Å². The number of nitrogens with zero attached hydrogens (tertiary/aromatic N) is 1. The van der Waals surface area contributed by atoms with Crippen LogP contribution in [-0.2, 0) is 0 Å². The molecule has 0 amide bonds. The monoisotopic (exact) mass is 183 g/mol. The Morgan fingerprint density at radius 2 is 2.38 bits per heavy atom. The Hall–Kier alpha value is -0.590. The molecule has 0 bridgehead atoms. The third-order valence-electron chi connectivity index (χ3n) is 3.17. The Morgan fingerprint density at radius 1 is 1.69 bits per heavy atom. The second-order valence-electron chi connectivity index (χ2n) is 3.87. The maximum atomic E-state index is 10.1. The van der Waals surface area contributed by atoms with Gasteiger partial charge in [-0.1, -0.05) is 6.92 Å². The van der Waals surface area contributed by atoms with Gasteiger partial charge in [0.15, 0.2) is 0 Å². The molecule has 0 aromatic heterocycles. The van der Waals surface area contributed by atoms with E-state index in [0.717, 1.165) is 12.8 Å². The zero-order valence-corrected chi connectivity index (χ0v) is 8.03. The summed E-state index contributed by atoms with van der Waals surface area (Å²) in [5.41, 5.74) is -0.996. The van der Waals surface area contributed by atoms with Crippen LogP contribution in [0.2, 0.25) is 0 Å². The Labute approximate surface area is 79.0 Å². The lowest BCUT2D eigenvalue weighted by Crippen LogP contribution is -2.44. The predicted octanol–water partition coefficient (Wildman–Crippen LogP) is 1.20. The number of nitriles is 1. The predicted molar refractivity (Wildman–Crippen MR) is 48.8 cm³/mol. The zero-order chi connectivity index (χ0) is 9.90. The molecule has 3 unspecified atom stereocenters. The maximum Gasteiger partial charge on any atom is 0.0943 e. The van der Waals surface area contributed by atoms with E-state index in [1.54, 1.807) is 0 Å². The van der Waals surface area contributed by atoms with Gasteiger partial charge in [-0.2, -0.15) is 5.26 Å². The number of hydrogen-bond acceptors (Lipinski definition) is 3. The molecular formula is C10H17NO2. The number of aliphatic hydroxyl groups is 2. The fourth-order valence-electron chi connectivity index (χ4n) is 2.26.